The molecular weight excluding hydrogens is 375 g/mol. The van der Waals surface area contributed by atoms with Crippen molar-refractivity contribution < 1.29 is 13.1 Å². The Hall–Kier alpha value is -0.850. The Morgan fingerprint density at radius 3 is 2.30 bits per heavy atom. The average molecular weight is 391 g/mol. The van der Waals surface area contributed by atoms with Gasteiger partial charge in [-0.2, -0.15) is 0 Å². The van der Waals surface area contributed by atoms with Gasteiger partial charge in [0.05, 0.1) is 16.7 Å². The molecule has 1 atom stereocenters. The van der Waals surface area contributed by atoms with Crippen LogP contribution in [0.5, 0.6) is 5.75 Å². The second kappa shape index (κ2) is 8.31. The maximum absolute atomic E-state index is 11.3. The predicted molar refractivity (Wildman–Crippen MR) is 98.3 cm³/mol. The summed E-state index contributed by atoms with van der Waals surface area (Å²) in [5, 5.41) is 1.04. The van der Waals surface area contributed by atoms with Gasteiger partial charge in [0.2, 0.25) is 0 Å². The second-order valence-corrected chi connectivity index (χ2v) is 9.23. The molecule has 2 aromatic carbocycles. The molecule has 0 aromatic heterocycles. The van der Waals surface area contributed by atoms with Gasteiger partial charge in [-0.15, -0.1) is 0 Å². The summed E-state index contributed by atoms with van der Waals surface area (Å²) >= 11 is 16.5. The molecule has 0 saturated heterocycles. The Balaban J connectivity index is 1.86. The van der Waals surface area contributed by atoms with E-state index in [0.717, 1.165) is 16.9 Å². The zero-order chi connectivity index (χ0) is 16.9. The lowest BCUT2D eigenvalue weighted by Gasteiger charge is -2.08. The van der Waals surface area contributed by atoms with E-state index in [1.54, 1.807) is 12.1 Å². The zero-order valence-corrected chi connectivity index (χ0v) is 15.6. The van der Waals surface area contributed by atoms with E-state index in [0.29, 0.717) is 29.7 Å². The SMILES string of the molecule is CS(=O)(=S)OCCc1ccc(OCc2ccc(Cl)c(Cl)c2)cc1. The highest BCUT2D eigenvalue weighted by Crippen LogP contribution is 2.23. The van der Waals surface area contributed by atoms with Gasteiger partial charge in [-0.05, 0) is 41.8 Å². The molecule has 0 N–H and O–H groups in total. The fourth-order valence-corrected chi connectivity index (χ4v) is 2.77. The summed E-state index contributed by atoms with van der Waals surface area (Å²) in [5.41, 5.74) is 2.01. The smallest absolute Gasteiger partial charge is 0.141 e. The lowest BCUT2D eigenvalue weighted by atomic mass is 10.1. The first-order chi connectivity index (χ1) is 10.8. The fourth-order valence-electron chi connectivity index (χ4n) is 1.86. The molecule has 0 aliphatic rings. The van der Waals surface area contributed by atoms with Gasteiger partial charge in [0.15, 0.2) is 0 Å². The van der Waals surface area contributed by atoms with Crippen LogP contribution in [0, 0.1) is 0 Å². The Labute approximate surface area is 151 Å². The minimum Gasteiger partial charge on any atom is -0.489 e. The molecule has 0 radical (unpaired) electrons. The minimum absolute atomic E-state index is 0.336. The molecule has 0 aliphatic carbocycles. The van der Waals surface area contributed by atoms with Crippen molar-refractivity contribution in [1.82, 2.24) is 0 Å². The summed E-state index contributed by atoms with van der Waals surface area (Å²) in [5.74, 6) is 0.753. The highest BCUT2D eigenvalue weighted by molar-refractivity contribution is 8.29. The first-order valence-corrected chi connectivity index (χ1v) is 10.4. The molecule has 1 unspecified atom stereocenters. The molecule has 0 saturated carbocycles. The normalized spacial score (nSPS) is 13.5. The van der Waals surface area contributed by atoms with Gasteiger partial charge < -0.3 is 4.74 Å². The highest BCUT2D eigenvalue weighted by Gasteiger charge is 2.02. The standard InChI is InChI=1S/C16H16Cl2O3S2/c1-23(19,22)21-9-8-12-2-5-14(6-3-12)20-11-13-4-7-15(17)16(18)10-13/h2-7,10H,8-9,11H2,1H3. The van der Waals surface area contributed by atoms with E-state index in [-0.39, 0.29) is 0 Å². The third-order valence-corrected chi connectivity index (χ3v) is 4.62. The van der Waals surface area contributed by atoms with Crippen molar-refractivity contribution in [1.29, 1.82) is 0 Å². The van der Waals surface area contributed by atoms with Gasteiger partial charge in [-0.25, -0.2) is 4.21 Å². The summed E-state index contributed by atoms with van der Waals surface area (Å²) < 4.78 is 22.0. The van der Waals surface area contributed by atoms with Crippen molar-refractivity contribution >= 4 is 43.2 Å². The molecule has 2 rings (SSSR count). The van der Waals surface area contributed by atoms with Gasteiger partial charge in [-0.3, -0.25) is 4.18 Å². The van der Waals surface area contributed by atoms with Gasteiger partial charge in [0.25, 0.3) is 0 Å². The van der Waals surface area contributed by atoms with Crippen LogP contribution in [0.1, 0.15) is 11.1 Å². The summed E-state index contributed by atoms with van der Waals surface area (Å²) in [7, 11) is -2.56. The second-order valence-electron chi connectivity index (χ2n) is 4.96. The largest absolute Gasteiger partial charge is 0.489 e. The van der Waals surface area contributed by atoms with E-state index in [9.17, 15) is 4.21 Å². The molecule has 0 heterocycles. The van der Waals surface area contributed by atoms with Gasteiger partial charge in [0, 0.05) is 17.4 Å². The third-order valence-electron chi connectivity index (χ3n) is 3.00. The van der Waals surface area contributed by atoms with Crippen molar-refractivity contribution in [3.8, 4) is 5.75 Å². The number of rotatable bonds is 7. The van der Waals surface area contributed by atoms with E-state index >= 15 is 0 Å². The van der Waals surface area contributed by atoms with Crippen molar-refractivity contribution in [2.75, 3.05) is 12.9 Å². The van der Waals surface area contributed by atoms with Crippen LogP contribution in [0.25, 0.3) is 0 Å². The van der Waals surface area contributed by atoms with Gasteiger partial charge in [-0.1, -0.05) is 41.4 Å². The Bertz CT molecular complexity index is 759. The van der Waals surface area contributed by atoms with Crippen molar-refractivity contribution in [2.24, 2.45) is 0 Å². The molecule has 0 fully saturated rings. The van der Waals surface area contributed by atoms with E-state index < -0.39 is 8.77 Å². The van der Waals surface area contributed by atoms with Gasteiger partial charge in [0.1, 0.15) is 21.1 Å². The molecular formula is C16H16Cl2O3S2. The zero-order valence-electron chi connectivity index (χ0n) is 12.5. The Kier molecular flexibility index (Phi) is 6.68. The maximum Gasteiger partial charge on any atom is 0.141 e. The van der Waals surface area contributed by atoms with Crippen LogP contribution >= 0.6 is 23.2 Å². The predicted octanol–water partition coefficient (Wildman–Crippen LogP) is 4.42. The van der Waals surface area contributed by atoms with Gasteiger partial charge >= 0.3 is 0 Å². The molecule has 0 amide bonds. The molecule has 3 nitrogen and oxygen atoms in total. The molecule has 7 heteroatoms. The molecule has 23 heavy (non-hydrogen) atoms. The number of halogens is 2. The third kappa shape index (κ3) is 6.65. The van der Waals surface area contributed by atoms with Crippen molar-refractivity contribution in [3.63, 3.8) is 0 Å². The first kappa shape index (κ1) is 18.5. The average Bonchev–Trinajstić information content (AvgIpc) is 2.48. The van der Waals surface area contributed by atoms with Crippen molar-refractivity contribution in [3.05, 3.63) is 63.6 Å². The number of ether oxygens (including phenoxy) is 1. The lowest BCUT2D eigenvalue weighted by molar-refractivity contribution is 0.306. The lowest BCUT2D eigenvalue weighted by Crippen LogP contribution is -2.05. The summed E-state index contributed by atoms with van der Waals surface area (Å²) in [6.07, 6.45) is 2.05. The van der Waals surface area contributed by atoms with E-state index in [2.05, 4.69) is 11.2 Å². The minimum atomic E-state index is -2.56. The molecule has 0 spiro atoms. The Morgan fingerprint density at radius 1 is 1.04 bits per heavy atom. The summed E-state index contributed by atoms with van der Waals surface area (Å²) in [6, 6.07) is 13.0. The van der Waals surface area contributed by atoms with E-state index in [4.69, 9.17) is 32.1 Å². The highest BCUT2D eigenvalue weighted by atomic mass is 35.5. The van der Waals surface area contributed by atoms with Crippen LogP contribution in [-0.4, -0.2) is 17.1 Å². The van der Waals surface area contributed by atoms with Crippen LogP contribution in [0.4, 0.5) is 0 Å². The monoisotopic (exact) mass is 390 g/mol. The summed E-state index contributed by atoms with van der Waals surface area (Å²) in [4.78, 5) is 0. The fraction of sp³-hybridized carbons (Fsp3) is 0.250. The van der Waals surface area contributed by atoms with Crippen LogP contribution in [0.15, 0.2) is 42.5 Å². The maximum atomic E-state index is 11.3. The Morgan fingerprint density at radius 2 is 1.70 bits per heavy atom. The van der Waals surface area contributed by atoms with E-state index in [1.165, 1.54) is 6.26 Å². The summed E-state index contributed by atoms with van der Waals surface area (Å²) in [6.45, 7) is 0.746. The molecule has 2 aromatic rings. The van der Waals surface area contributed by atoms with Crippen LogP contribution in [-0.2, 0) is 37.2 Å². The quantitative estimate of drug-likeness (QED) is 0.700. The van der Waals surface area contributed by atoms with Crippen LogP contribution < -0.4 is 4.74 Å². The molecule has 0 bridgehead atoms. The first-order valence-electron chi connectivity index (χ1n) is 6.83. The van der Waals surface area contributed by atoms with Crippen LogP contribution in [0.3, 0.4) is 0 Å². The molecule has 0 aliphatic heterocycles. The van der Waals surface area contributed by atoms with E-state index in [1.807, 2.05) is 30.3 Å². The number of hydrogen-bond acceptors (Lipinski definition) is 4. The van der Waals surface area contributed by atoms with Crippen molar-refractivity contribution in [2.45, 2.75) is 13.0 Å². The van der Waals surface area contributed by atoms with Crippen LogP contribution in [0.2, 0.25) is 10.0 Å². The topological polar surface area (TPSA) is 35.5 Å². The number of hydrogen-bond donors (Lipinski definition) is 0. The molecule has 124 valence electrons. The number of benzene rings is 2.